The largest absolute Gasteiger partial charge is 0.507 e. The first-order valence-electron chi connectivity index (χ1n) is 7.82. The van der Waals surface area contributed by atoms with Gasteiger partial charge >= 0.3 is 0 Å². The number of hydrogen-bond acceptors (Lipinski definition) is 3. The molecule has 0 aromatic heterocycles. The Morgan fingerprint density at radius 1 is 1.17 bits per heavy atom. The zero-order chi connectivity index (χ0) is 17.5. The molecule has 24 heavy (non-hydrogen) atoms. The summed E-state index contributed by atoms with van der Waals surface area (Å²) < 4.78 is 5.30. The van der Waals surface area contributed by atoms with Crippen molar-refractivity contribution in [2.24, 2.45) is 0 Å². The highest BCUT2D eigenvalue weighted by atomic mass is 16.5. The number of ketones is 1. The van der Waals surface area contributed by atoms with Gasteiger partial charge in [0.1, 0.15) is 11.5 Å². The number of benzene rings is 2. The van der Waals surface area contributed by atoms with E-state index in [0.717, 1.165) is 11.1 Å². The van der Waals surface area contributed by atoms with E-state index < -0.39 is 0 Å². The predicted molar refractivity (Wildman–Crippen MR) is 97.6 cm³/mol. The van der Waals surface area contributed by atoms with Crippen LogP contribution in [0.5, 0.6) is 11.5 Å². The summed E-state index contributed by atoms with van der Waals surface area (Å²) in [5, 5.41) is 10.1. The lowest BCUT2D eigenvalue weighted by molar-refractivity contribution is 0.104. The Kier molecular flexibility index (Phi) is 5.96. The van der Waals surface area contributed by atoms with E-state index in [9.17, 15) is 9.90 Å². The fourth-order valence-electron chi connectivity index (χ4n) is 2.30. The van der Waals surface area contributed by atoms with Gasteiger partial charge in [-0.15, -0.1) is 0 Å². The number of methoxy groups -OCH3 is 1. The second-order valence-electron chi connectivity index (χ2n) is 5.78. The van der Waals surface area contributed by atoms with E-state index in [-0.39, 0.29) is 17.1 Å². The SMILES string of the molecule is COc1cc(O)c(C(=O)/C=C/c2ccccc2)cc1CC=C(C)C. The van der Waals surface area contributed by atoms with Crippen LogP contribution in [0.4, 0.5) is 0 Å². The molecule has 0 radical (unpaired) electrons. The zero-order valence-corrected chi connectivity index (χ0v) is 14.2. The number of carbonyl (C=O) groups is 1. The summed E-state index contributed by atoms with van der Waals surface area (Å²) in [7, 11) is 1.55. The van der Waals surface area contributed by atoms with Crippen molar-refractivity contribution in [2.45, 2.75) is 20.3 Å². The molecule has 1 N–H and O–H groups in total. The summed E-state index contributed by atoms with van der Waals surface area (Å²) in [6.45, 7) is 4.03. The van der Waals surface area contributed by atoms with Crippen LogP contribution < -0.4 is 4.74 Å². The fourth-order valence-corrected chi connectivity index (χ4v) is 2.30. The minimum atomic E-state index is -0.238. The van der Waals surface area contributed by atoms with E-state index in [1.54, 1.807) is 19.3 Å². The third-order valence-corrected chi connectivity index (χ3v) is 3.62. The number of ether oxygens (including phenoxy) is 1. The molecule has 0 heterocycles. The first kappa shape index (κ1) is 17.5. The maximum absolute atomic E-state index is 12.4. The molecule has 0 fully saturated rings. The van der Waals surface area contributed by atoms with E-state index in [1.165, 1.54) is 17.7 Å². The minimum Gasteiger partial charge on any atom is -0.507 e. The summed E-state index contributed by atoms with van der Waals surface area (Å²) in [6, 6.07) is 12.8. The average Bonchev–Trinajstić information content (AvgIpc) is 2.59. The number of phenolic OH excluding ortho intramolecular Hbond substituents is 1. The first-order chi connectivity index (χ1) is 11.5. The number of aromatic hydroxyl groups is 1. The molecule has 0 saturated heterocycles. The van der Waals surface area contributed by atoms with Crippen LogP contribution >= 0.6 is 0 Å². The monoisotopic (exact) mass is 322 g/mol. The quantitative estimate of drug-likeness (QED) is 0.472. The molecular formula is C21H22O3. The second kappa shape index (κ2) is 8.16. The third-order valence-electron chi connectivity index (χ3n) is 3.62. The maximum Gasteiger partial charge on any atom is 0.189 e. The molecule has 0 amide bonds. The standard InChI is InChI=1S/C21H22O3/c1-15(2)9-11-17-13-18(20(23)14-21(17)24-3)19(22)12-10-16-7-5-4-6-8-16/h4-10,12-14,23H,11H2,1-3H3/b12-10+. The number of phenols is 1. The van der Waals surface area contributed by atoms with Crippen molar-refractivity contribution in [2.75, 3.05) is 7.11 Å². The van der Waals surface area contributed by atoms with Crippen LogP contribution in [-0.2, 0) is 6.42 Å². The lowest BCUT2D eigenvalue weighted by atomic mass is 10.0. The molecule has 0 bridgehead atoms. The van der Waals surface area contributed by atoms with Crippen molar-refractivity contribution in [3.05, 3.63) is 76.9 Å². The minimum absolute atomic E-state index is 0.0736. The van der Waals surface area contributed by atoms with Gasteiger partial charge in [-0.2, -0.15) is 0 Å². The molecule has 0 aliphatic heterocycles. The van der Waals surface area contributed by atoms with E-state index >= 15 is 0 Å². The van der Waals surface area contributed by atoms with Crippen LogP contribution in [0.1, 0.15) is 35.3 Å². The number of allylic oxidation sites excluding steroid dienone is 3. The van der Waals surface area contributed by atoms with E-state index in [2.05, 4.69) is 6.08 Å². The summed E-state index contributed by atoms with van der Waals surface area (Å²) in [5.74, 6) is 0.265. The highest BCUT2D eigenvalue weighted by molar-refractivity contribution is 6.08. The number of hydrogen-bond donors (Lipinski definition) is 1. The highest BCUT2D eigenvalue weighted by Crippen LogP contribution is 2.29. The summed E-state index contributed by atoms with van der Waals surface area (Å²) in [4.78, 5) is 12.4. The molecule has 0 spiro atoms. The lowest BCUT2D eigenvalue weighted by Crippen LogP contribution is -1.99. The van der Waals surface area contributed by atoms with E-state index in [0.29, 0.717) is 12.2 Å². The molecule has 0 unspecified atom stereocenters. The Hall–Kier alpha value is -2.81. The third kappa shape index (κ3) is 4.59. The lowest BCUT2D eigenvalue weighted by Gasteiger charge is -2.10. The van der Waals surface area contributed by atoms with Crippen LogP contribution in [-0.4, -0.2) is 18.0 Å². The first-order valence-corrected chi connectivity index (χ1v) is 7.82. The Balaban J connectivity index is 2.31. The molecule has 0 aliphatic rings. The van der Waals surface area contributed by atoms with Crippen LogP contribution in [0.25, 0.3) is 6.08 Å². The van der Waals surface area contributed by atoms with Crippen LogP contribution in [0.3, 0.4) is 0 Å². The zero-order valence-electron chi connectivity index (χ0n) is 14.2. The summed E-state index contributed by atoms with van der Waals surface area (Å²) >= 11 is 0. The van der Waals surface area contributed by atoms with Gasteiger partial charge in [-0.1, -0.05) is 48.1 Å². The molecular weight excluding hydrogens is 300 g/mol. The van der Waals surface area contributed by atoms with Gasteiger partial charge in [0.2, 0.25) is 0 Å². The molecule has 2 aromatic carbocycles. The topological polar surface area (TPSA) is 46.5 Å². The van der Waals surface area contributed by atoms with Gasteiger partial charge in [0.05, 0.1) is 12.7 Å². The Labute approximate surface area is 142 Å². The van der Waals surface area contributed by atoms with Gasteiger partial charge in [-0.3, -0.25) is 4.79 Å². The van der Waals surface area contributed by atoms with Crippen LogP contribution in [0.15, 0.2) is 60.2 Å². The Morgan fingerprint density at radius 3 is 2.50 bits per heavy atom. The molecule has 2 rings (SSSR count). The van der Waals surface area contributed by atoms with Gasteiger partial charge in [-0.05, 0) is 43.5 Å². The van der Waals surface area contributed by atoms with Crippen molar-refractivity contribution in [1.82, 2.24) is 0 Å². The van der Waals surface area contributed by atoms with Crippen LogP contribution in [0.2, 0.25) is 0 Å². The van der Waals surface area contributed by atoms with Crippen molar-refractivity contribution in [3.63, 3.8) is 0 Å². The van der Waals surface area contributed by atoms with Gasteiger partial charge < -0.3 is 9.84 Å². The second-order valence-corrected chi connectivity index (χ2v) is 5.78. The molecule has 3 nitrogen and oxygen atoms in total. The fraction of sp³-hybridized carbons (Fsp3) is 0.190. The molecule has 0 atom stereocenters. The molecule has 124 valence electrons. The van der Waals surface area contributed by atoms with Gasteiger partial charge in [-0.25, -0.2) is 0 Å². The van der Waals surface area contributed by atoms with Crippen molar-refractivity contribution in [1.29, 1.82) is 0 Å². The average molecular weight is 322 g/mol. The smallest absolute Gasteiger partial charge is 0.189 e. The predicted octanol–water partition coefficient (Wildman–Crippen LogP) is 4.81. The van der Waals surface area contributed by atoms with E-state index in [4.69, 9.17) is 4.74 Å². The Bertz CT molecular complexity index is 767. The van der Waals surface area contributed by atoms with Gasteiger partial charge in [0.25, 0.3) is 0 Å². The number of carbonyl (C=O) groups excluding carboxylic acids is 1. The molecule has 3 heteroatoms. The maximum atomic E-state index is 12.4. The molecule has 0 aliphatic carbocycles. The molecule has 0 saturated carbocycles. The Morgan fingerprint density at radius 2 is 1.88 bits per heavy atom. The number of rotatable bonds is 6. The highest BCUT2D eigenvalue weighted by Gasteiger charge is 2.13. The van der Waals surface area contributed by atoms with Gasteiger partial charge in [0, 0.05) is 6.07 Å². The van der Waals surface area contributed by atoms with Crippen molar-refractivity contribution < 1.29 is 14.6 Å². The van der Waals surface area contributed by atoms with Crippen molar-refractivity contribution in [3.8, 4) is 11.5 Å². The van der Waals surface area contributed by atoms with Crippen LogP contribution in [0, 0.1) is 0 Å². The summed E-state index contributed by atoms with van der Waals surface area (Å²) in [5.41, 5.74) is 3.26. The van der Waals surface area contributed by atoms with Gasteiger partial charge in [0.15, 0.2) is 5.78 Å². The summed E-state index contributed by atoms with van der Waals surface area (Å²) in [6.07, 6.45) is 5.92. The normalized spacial score (nSPS) is 10.6. The van der Waals surface area contributed by atoms with E-state index in [1.807, 2.05) is 44.2 Å². The molecule has 2 aromatic rings. The van der Waals surface area contributed by atoms with Crippen molar-refractivity contribution >= 4 is 11.9 Å².